The van der Waals surface area contributed by atoms with Gasteiger partial charge in [-0.05, 0) is 34.5 Å². The number of benzene rings is 1. The third kappa shape index (κ3) is 4.29. The predicted octanol–water partition coefficient (Wildman–Crippen LogP) is 3.50. The van der Waals surface area contributed by atoms with Crippen LogP contribution in [0, 0.1) is 0 Å². The van der Waals surface area contributed by atoms with E-state index in [0.717, 1.165) is 0 Å². The van der Waals surface area contributed by atoms with Crippen molar-refractivity contribution in [2.24, 2.45) is 0 Å². The summed E-state index contributed by atoms with van der Waals surface area (Å²) in [6, 6.07) is 8.73. The van der Waals surface area contributed by atoms with E-state index in [1.807, 2.05) is 0 Å². The molecule has 114 valence electrons. The molecule has 0 aliphatic rings. The van der Waals surface area contributed by atoms with Crippen molar-refractivity contribution in [2.45, 2.75) is 17.6 Å². The molecule has 0 amide bonds. The Labute approximate surface area is 124 Å². The smallest absolute Gasteiger partial charge is 0.207 e. The Morgan fingerprint density at radius 2 is 1.76 bits per heavy atom. The summed E-state index contributed by atoms with van der Waals surface area (Å²) in [5.41, 5.74) is 0.531. The first kappa shape index (κ1) is 16.0. The van der Waals surface area contributed by atoms with Crippen molar-refractivity contribution in [3.63, 3.8) is 0 Å². The van der Waals surface area contributed by atoms with Gasteiger partial charge in [0.1, 0.15) is 6.54 Å². The topological polar surface area (TPSA) is 37.4 Å². The van der Waals surface area contributed by atoms with E-state index in [9.17, 15) is 21.6 Å². The highest BCUT2D eigenvalue weighted by Crippen LogP contribution is 2.25. The monoisotopic (exact) mass is 335 g/mol. The fourth-order valence-corrected chi connectivity index (χ4v) is 3.85. The van der Waals surface area contributed by atoms with E-state index >= 15 is 0 Å². The second kappa shape index (κ2) is 6.17. The summed E-state index contributed by atoms with van der Waals surface area (Å²) in [6.07, 6.45) is -4.60. The number of alkyl halides is 3. The summed E-state index contributed by atoms with van der Waals surface area (Å²) in [7, 11) is -4.19. The first-order chi connectivity index (χ1) is 9.79. The Hall–Kier alpha value is -1.38. The van der Waals surface area contributed by atoms with Gasteiger partial charge in [0.25, 0.3) is 0 Å². The molecule has 0 unspecified atom stereocenters. The Kier molecular flexibility index (Phi) is 4.70. The van der Waals surface area contributed by atoms with Gasteiger partial charge in [-0.2, -0.15) is 28.8 Å². The molecule has 0 fully saturated rings. The summed E-state index contributed by atoms with van der Waals surface area (Å²) in [4.78, 5) is -0.149. The summed E-state index contributed by atoms with van der Waals surface area (Å²) in [5, 5.41) is 3.32. The van der Waals surface area contributed by atoms with Gasteiger partial charge in [-0.3, -0.25) is 0 Å². The quantitative estimate of drug-likeness (QED) is 0.839. The molecule has 0 bridgehead atoms. The van der Waals surface area contributed by atoms with E-state index in [1.54, 1.807) is 22.9 Å². The Balaban J connectivity index is 2.34. The number of halogens is 3. The lowest BCUT2D eigenvalue weighted by Crippen LogP contribution is -2.38. The van der Waals surface area contributed by atoms with Gasteiger partial charge in [0.2, 0.25) is 10.0 Å². The van der Waals surface area contributed by atoms with Crippen LogP contribution in [0.1, 0.15) is 5.56 Å². The molecule has 1 heterocycles. The summed E-state index contributed by atoms with van der Waals surface area (Å²) in [6.45, 7) is -1.82. The molecule has 0 saturated carbocycles. The average Bonchev–Trinajstić information content (AvgIpc) is 2.90. The Bertz CT molecular complexity index is 667. The van der Waals surface area contributed by atoms with Crippen LogP contribution in [-0.2, 0) is 16.6 Å². The van der Waals surface area contributed by atoms with E-state index in [0.29, 0.717) is 9.87 Å². The lowest BCUT2D eigenvalue weighted by atomic mass is 10.3. The number of hydrogen-bond donors (Lipinski definition) is 0. The lowest BCUT2D eigenvalue weighted by Gasteiger charge is -2.23. The van der Waals surface area contributed by atoms with Gasteiger partial charge < -0.3 is 0 Å². The molecular formula is C13H12F3NO2S2. The molecule has 0 radical (unpaired) electrons. The summed E-state index contributed by atoms with van der Waals surface area (Å²) in [5.74, 6) is 0. The van der Waals surface area contributed by atoms with Crippen LogP contribution < -0.4 is 0 Å². The minimum absolute atomic E-state index is 0.149. The van der Waals surface area contributed by atoms with Crippen LogP contribution in [0.2, 0.25) is 0 Å². The van der Waals surface area contributed by atoms with Crippen LogP contribution in [-0.4, -0.2) is 25.4 Å². The summed E-state index contributed by atoms with van der Waals surface area (Å²) >= 11 is 1.30. The predicted molar refractivity (Wildman–Crippen MR) is 74.4 cm³/mol. The lowest BCUT2D eigenvalue weighted by molar-refractivity contribution is -0.136. The van der Waals surface area contributed by atoms with Crippen LogP contribution in [0.25, 0.3) is 0 Å². The van der Waals surface area contributed by atoms with Gasteiger partial charge in [0.05, 0.1) is 4.90 Å². The number of hydrogen-bond acceptors (Lipinski definition) is 3. The van der Waals surface area contributed by atoms with Crippen molar-refractivity contribution < 1.29 is 21.6 Å². The molecule has 0 N–H and O–H groups in total. The fourth-order valence-electron chi connectivity index (χ4n) is 1.75. The highest BCUT2D eigenvalue weighted by molar-refractivity contribution is 7.89. The van der Waals surface area contributed by atoms with E-state index in [-0.39, 0.29) is 11.4 Å². The van der Waals surface area contributed by atoms with Gasteiger partial charge in [-0.15, -0.1) is 0 Å². The molecule has 0 aliphatic carbocycles. The maximum Gasteiger partial charge on any atom is 0.402 e. The first-order valence-electron chi connectivity index (χ1n) is 5.92. The van der Waals surface area contributed by atoms with Crippen molar-refractivity contribution in [1.29, 1.82) is 0 Å². The van der Waals surface area contributed by atoms with Crippen molar-refractivity contribution in [2.75, 3.05) is 6.54 Å². The zero-order valence-corrected chi connectivity index (χ0v) is 12.4. The fraction of sp³-hybridized carbons (Fsp3) is 0.231. The number of rotatable bonds is 5. The molecule has 0 saturated heterocycles. The minimum atomic E-state index is -4.60. The maximum atomic E-state index is 12.7. The van der Waals surface area contributed by atoms with Gasteiger partial charge in [0.15, 0.2) is 0 Å². The third-order valence-electron chi connectivity index (χ3n) is 2.68. The van der Waals surface area contributed by atoms with Gasteiger partial charge in [0, 0.05) is 6.54 Å². The number of thiophene rings is 1. The third-order valence-corrected chi connectivity index (χ3v) is 5.21. The van der Waals surface area contributed by atoms with Crippen LogP contribution in [0.3, 0.4) is 0 Å². The minimum Gasteiger partial charge on any atom is -0.207 e. The Morgan fingerprint density at radius 1 is 1.10 bits per heavy atom. The van der Waals surface area contributed by atoms with E-state index in [4.69, 9.17) is 0 Å². The molecule has 21 heavy (non-hydrogen) atoms. The van der Waals surface area contributed by atoms with Crippen molar-refractivity contribution in [1.82, 2.24) is 4.31 Å². The maximum absolute atomic E-state index is 12.7. The van der Waals surface area contributed by atoms with Gasteiger partial charge in [-0.25, -0.2) is 8.42 Å². The van der Waals surface area contributed by atoms with Gasteiger partial charge in [-0.1, -0.05) is 18.2 Å². The largest absolute Gasteiger partial charge is 0.402 e. The second-order valence-electron chi connectivity index (χ2n) is 4.33. The molecule has 0 atom stereocenters. The zero-order chi connectivity index (χ0) is 15.5. The van der Waals surface area contributed by atoms with Crippen LogP contribution >= 0.6 is 11.3 Å². The highest BCUT2D eigenvalue weighted by atomic mass is 32.2. The molecule has 1 aromatic heterocycles. The average molecular weight is 335 g/mol. The molecule has 2 rings (SSSR count). The van der Waals surface area contributed by atoms with Crippen molar-refractivity contribution >= 4 is 21.4 Å². The van der Waals surface area contributed by atoms with E-state index < -0.39 is 22.7 Å². The highest BCUT2D eigenvalue weighted by Gasteiger charge is 2.37. The molecule has 0 aliphatic heterocycles. The molecule has 0 spiro atoms. The number of sulfonamides is 1. The molecule has 1 aromatic carbocycles. The molecule has 8 heteroatoms. The van der Waals surface area contributed by atoms with Crippen LogP contribution in [0.15, 0.2) is 52.1 Å². The van der Waals surface area contributed by atoms with E-state index in [1.165, 1.54) is 35.6 Å². The summed E-state index contributed by atoms with van der Waals surface area (Å²) < 4.78 is 63.2. The second-order valence-corrected chi connectivity index (χ2v) is 7.05. The first-order valence-corrected chi connectivity index (χ1v) is 8.30. The molecule has 2 aromatic rings. The molecular weight excluding hydrogens is 323 g/mol. The van der Waals surface area contributed by atoms with E-state index in [2.05, 4.69) is 0 Å². The Morgan fingerprint density at radius 3 is 2.29 bits per heavy atom. The van der Waals surface area contributed by atoms with Gasteiger partial charge >= 0.3 is 6.18 Å². The standard InChI is InChI=1S/C13H12F3NO2S2/c14-13(15,16)10-17(8-11-6-7-20-9-11)21(18,19)12-4-2-1-3-5-12/h1-7,9H,8,10H2. The van der Waals surface area contributed by atoms with Crippen molar-refractivity contribution in [3.05, 3.63) is 52.7 Å². The van der Waals surface area contributed by atoms with Crippen LogP contribution in [0.5, 0.6) is 0 Å². The van der Waals surface area contributed by atoms with Crippen molar-refractivity contribution in [3.8, 4) is 0 Å². The normalized spacial score (nSPS) is 12.8. The molecule has 3 nitrogen and oxygen atoms in total. The zero-order valence-electron chi connectivity index (χ0n) is 10.7. The number of nitrogens with zero attached hydrogens (tertiary/aromatic N) is 1. The SMILES string of the molecule is O=S(=O)(c1ccccc1)N(Cc1ccsc1)CC(F)(F)F. The van der Waals surface area contributed by atoms with Crippen LogP contribution in [0.4, 0.5) is 13.2 Å².